The molecule has 1 aromatic carbocycles. The van der Waals surface area contributed by atoms with Gasteiger partial charge in [-0.3, -0.25) is 0 Å². The molecule has 1 aliphatic heterocycles. The van der Waals surface area contributed by atoms with Crippen molar-refractivity contribution in [2.45, 2.75) is 43.5 Å². The van der Waals surface area contributed by atoms with Crippen LogP contribution in [-0.4, -0.2) is 40.0 Å². The minimum atomic E-state index is -3.58. The highest BCUT2D eigenvalue weighted by molar-refractivity contribution is 7.89. The van der Waals surface area contributed by atoms with Crippen LogP contribution in [0.2, 0.25) is 0 Å². The van der Waals surface area contributed by atoms with Gasteiger partial charge in [-0.05, 0) is 43.2 Å². The van der Waals surface area contributed by atoms with E-state index >= 15 is 0 Å². The summed E-state index contributed by atoms with van der Waals surface area (Å²) in [6.45, 7) is 2.68. The smallest absolute Gasteiger partial charge is 0.212 e. The molecule has 24 heavy (non-hydrogen) atoms. The van der Waals surface area contributed by atoms with Crippen molar-refractivity contribution in [1.82, 2.24) is 9.03 Å². The molecule has 1 fully saturated rings. The zero-order valence-corrected chi connectivity index (χ0v) is 15.4. The highest BCUT2D eigenvalue weighted by Gasteiger charge is 2.37. The van der Waals surface area contributed by atoms with Crippen molar-refractivity contribution < 1.29 is 16.8 Å². The number of benzene rings is 1. The molecule has 3 rings (SSSR count). The van der Waals surface area contributed by atoms with Crippen molar-refractivity contribution in [3.05, 3.63) is 29.8 Å². The predicted octanol–water partition coefficient (Wildman–Crippen LogP) is 1.86. The van der Waals surface area contributed by atoms with Crippen molar-refractivity contribution >= 4 is 20.0 Å². The molecule has 134 valence electrons. The van der Waals surface area contributed by atoms with Crippen LogP contribution in [0.15, 0.2) is 29.2 Å². The van der Waals surface area contributed by atoms with Crippen LogP contribution in [0.5, 0.6) is 0 Å². The second-order valence-corrected chi connectivity index (χ2v) is 10.4. The summed E-state index contributed by atoms with van der Waals surface area (Å²) in [6, 6.07) is 6.24. The van der Waals surface area contributed by atoms with E-state index in [2.05, 4.69) is 4.72 Å². The molecular weight excluding hydrogens is 348 g/mol. The fourth-order valence-corrected chi connectivity index (χ4v) is 6.26. The predicted molar refractivity (Wildman–Crippen MR) is 92.5 cm³/mol. The van der Waals surface area contributed by atoms with E-state index in [4.69, 9.17) is 0 Å². The van der Waals surface area contributed by atoms with Gasteiger partial charge in [0.05, 0.1) is 10.6 Å². The molecule has 1 aliphatic carbocycles. The Labute approximate surface area is 144 Å². The minimum Gasteiger partial charge on any atom is -0.212 e. The lowest BCUT2D eigenvalue weighted by Gasteiger charge is -2.20. The van der Waals surface area contributed by atoms with Gasteiger partial charge in [-0.15, -0.1) is 0 Å². The molecule has 1 saturated carbocycles. The molecule has 8 heteroatoms. The van der Waals surface area contributed by atoms with Crippen molar-refractivity contribution in [3.8, 4) is 0 Å². The van der Waals surface area contributed by atoms with Crippen LogP contribution in [0.3, 0.4) is 0 Å². The Hall–Kier alpha value is -0.960. The van der Waals surface area contributed by atoms with Crippen LogP contribution in [0.1, 0.15) is 44.2 Å². The number of hydrogen-bond donors (Lipinski definition) is 1. The van der Waals surface area contributed by atoms with E-state index in [1.54, 1.807) is 24.3 Å². The van der Waals surface area contributed by atoms with Gasteiger partial charge in [0.2, 0.25) is 20.0 Å². The zero-order chi connectivity index (χ0) is 17.4. The molecule has 1 heterocycles. The van der Waals surface area contributed by atoms with E-state index in [9.17, 15) is 16.8 Å². The Morgan fingerprint density at radius 3 is 2.58 bits per heavy atom. The number of hydrogen-bond acceptors (Lipinski definition) is 4. The Kier molecular flexibility index (Phi) is 5.01. The SMILES string of the molecule is CCCS(=O)(=O)N[C@H]1CCN(CC2CC2)S(=O)(=O)c2ccccc21. The van der Waals surface area contributed by atoms with Gasteiger partial charge in [-0.2, -0.15) is 4.31 Å². The summed E-state index contributed by atoms with van der Waals surface area (Å²) in [5.74, 6) is 0.491. The summed E-state index contributed by atoms with van der Waals surface area (Å²) in [4.78, 5) is 0.229. The van der Waals surface area contributed by atoms with E-state index in [-0.39, 0.29) is 10.6 Å². The van der Waals surface area contributed by atoms with Gasteiger partial charge in [0.15, 0.2) is 0 Å². The maximum atomic E-state index is 13.0. The molecule has 2 aliphatic rings. The van der Waals surface area contributed by atoms with Crippen LogP contribution in [-0.2, 0) is 20.0 Å². The zero-order valence-electron chi connectivity index (χ0n) is 13.8. The fourth-order valence-electron chi connectivity index (χ4n) is 3.14. The third kappa shape index (κ3) is 3.82. The van der Waals surface area contributed by atoms with Crippen molar-refractivity contribution in [2.75, 3.05) is 18.8 Å². The molecule has 0 aromatic heterocycles. The monoisotopic (exact) mass is 372 g/mol. The molecule has 0 bridgehead atoms. The summed E-state index contributed by atoms with van der Waals surface area (Å²) >= 11 is 0. The molecule has 0 radical (unpaired) electrons. The molecule has 6 nitrogen and oxygen atoms in total. The largest absolute Gasteiger partial charge is 0.243 e. The number of fused-ring (bicyclic) bond motifs is 1. The van der Waals surface area contributed by atoms with Crippen LogP contribution in [0.4, 0.5) is 0 Å². The second kappa shape index (κ2) is 6.74. The maximum Gasteiger partial charge on any atom is 0.243 e. The molecule has 1 atom stereocenters. The molecule has 0 unspecified atom stereocenters. The lowest BCUT2D eigenvalue weighted by atomic mass is 10.0. The Morgan fingerprint density at radius 2 is 1.92 bits per heavy atom. The van der Waals surface area contributed by atoms with Crippen molar-refractivity contribution in [2.24, 2.45) is 5.92 Å². The normalized spacial score (nSPS) is 24.3. The van der Waals surface area contributed by atoms with E-state index in [0.29, 0.717) is 37.4 Å². The summed E-state index contributed by atoms with van der Waals surface area (Å²) < 4.78 is 54.5. The maximum absolute atomic E-state index is 13.0. The van der Waals surface area contributed by atoms with E-state index < -0.39 is 26.1 Å². The lowest BCUT2D eigenvalue weighted by molar-refractivity contribution is 0.382. The molecule has 0 saturated heterocycles. The number of sulfonamides is 2. The average Bonchev–Trinajstić information content (AvgIpc) is 3.33. The van der Waals surface area contributed by atoms with Crippen LogP contribution in [0, 0.1) is 5.92 Å². The van der Waals surface area contributed by atoms with Crippen molar-refractivity contribution in [3.63, 3.8) is 0 Å². The van der Waals surface area contributed by atoms with Gasteiger partial charge >= 0.3 is 0 Å². The van der Waals surface area contributed by atoms with Gasteiger partial charge in [-0.1, -0.05) is 25.1 Å². The van der Waals surface area contributed by atoms with Gasteiger partial charge in [0.1, 0.15) is 0 Å². The molecule has 1 aromatic rings. The Morgan fingerprint density at radius 1 is 1.21 bits per heavy atom. The second-order valence-electron chi connectivity index (χ2n) is 6.62. The standard InChI is InChI=1S/C16H24N2O4S2/c1-2-11-23(19,20)17-15-9-10-18(12-13-7-8-13)24(21,22)16-6-4-3-5-14(15)16/h3-6,13,15,17H,2,7-12H2,1H3/t15-/m0/s1. The summed E-state index contributed by atoms with van der Waals surface area (Å²) in [5.41, 5.74) is 0.551. The molecule has 0 amide bonds. The van der Waals surface area contributed by atoms with E-state index in [1.807, 2.05) is 6.92 Å². The molecular formula is C16H24N2O4S2. The Balaban J connectivity index is 1.96. The lowest BCUT2D eigenvalue weighted by Crippen LogP contribution is -2.34. The minimum absolute atomic E-state index is 0.0458. The third-order valence-electron chi connectivity index (χ3n) is 4.53. The number of rotatable bonds is 6. The Bertz CT molecular complexity index is 801. The number of nitrogens with one attached hydrogen (secondary N) is 1. The van der Waals surface area contributed by atoms with E-state index in [1.165, 1.54) is 4.31 Å². The highest BCUT2D eigenvalue weighted by atomic mass is 32.2. The van der Waals surface area contributed by atoms with Gasteiger partial charge < -0.3 is 0 Å². The first-order valence-corrected chi connectivity index (χ1v) is 11.5. The third-order valence-corrected chi connectivity index (χ3v) is 8.06. The average molecular weight is 373 g/mol. The summed E-state index contributed by atoms with van der Waals surface area (Å²) in [5, 5.41) is 0. The molecule has 1 N–H and O–H groups in total. The van der Waals surface area contributed by atoms with Crippen LogP contribution >= 0.6 is 0 Å². The van der Waals surface area contributed by atoms with E-state index in [0.717, 1.165) is 12.8 Å². The van der Waals surface area contributed by atoms with Gasteiger partial charge in [0.25, 0.3) is 0 Å². The van der Waals surface area contributed by atoms with Gasteiger partial charge in [0, 0.05) is 19.1 Å². The highest BCUT2D eigenvalue weighted by Crippen LogP contribution is 2.36. The first-order valence-electron chi connectivity index (χ1n) is 8.42. The summed E-state index contributed by atoms with van der Waals surface area (Å²) in [7, 11) is -7.00. The summed E-state index contributed by atoms with van der Waals surface area (Å²) in [6.07, 6.45) is 3.11. The fraction of sp³-hybridized carbons (Fsp3) is 0.625. The van der Waals surface area contributed by atoms with Crippen molar-refractivity contribution in [1.29, 1.82) is 0 Å². The van der Waals surface area contributed by atoms with Crippen LogP contribution < -0.4 is 4.72 Å². The first-order chi connectivity index (χ1) is 11.3. The molecule has 0 spiro atoms. The van der Waals surface area contributed by atoms with Crippen LogP contribution in [0.25, 0.3) is 0 Å². The topological polar surface area (TPSA) is 83.6 Å². The number of nitrogens with zero attached hydrogens (tertiary/aromatic N) is 1. The van der Waals surface area contributed by atoms with Gasteiger partial charge in [-0.25, -0.2) is 21.6 Å². The first kappa shape index (κ1) is 17.8. The quantitative estimate of drug-likeness (QED) is 0.826.